The average Bonchev–Trinajstić information content (AvgIpc) is 2.53. The zero-order valence-corrected chi connectivity index (χ0v) is 15.5. The van der Waals surface area contributed by atoms with Gasteiger partial charge in [0.05, 0.1) is 5.92 Å². The molecule has 0 spiro atoms. The Kier molecular flexibility index (Phi) is 6.50. The molecule has 1 aromatic rings. The van der Waals surface area contributed by atoms with Crippen LogP contribution in [-0.4, -0.2) is 43.4 Å². The average molecular weight is 395 g/mol. The first-order chi connectivity index (χ1) is 11.2. The third kappa shape index (κ3) is 4.61. The molecule has 1 fully saturated rings. The molecule has 1 unspecified atom stereocenters. The lowest BCUT2D eigenvalue weighted by atomic mass is 9.99. The van der Waals surface area contributed by atoms with Gasteiger partial charge in [-0.05, 0) is 36.5 Å². The Balaban J connectivity index is 1.97. The van der Waals surface area contributed by atoms with Crippen LogP contribution in [0.2, 0.25) is 10.0 Å². The second-order valence-electron chi connectivity index (χ2n) is 5.90. The number of hydrogen-bond donors (Lipinski definition) is 2. The number of carboxylic acid groups (broad SMARTS) is 1. The molecule has 9 heteroatoms. The summed E-state index contributed by atoms with van der Waals surface area (Å²) in [6.45, 7) is 2.40. The number of aliphatic carboxylic acids is 1. The van der Waals surface area contributed by atoms with E-state index in [1.807, 2.05) is 6.92 Å². The normalized spacial score (nSPS) is 18.5. The van der Waals surface area contributed by atoms with E-state index in [1.54, 1.807) is 18.2 Å². The van der Waals surface area contributed by atoms with Crippen LogP contribution in [-0.2, 0) is 15.0 Å². The fraction of sp³-hybridized carbons (Fsp3) is 0.533. The summed E-state index contributed by atoms with van der Waals surface area (Å²) in [5, 5.41) is 9.97. The molecule has 0 aromatic heterocycles. The van der Waals surface area contributed by atoms with Gasteiger partial charge in [0.2, 0.25) is 0 Å². The Hall–Kier alpha value is -0.860. The molecule has 0 aliphatic carbocycles. The molecule has 1 atom stereocenters. The van der Waals surface area contributed by atoms with Crippen LogP contribution < -0.4 is 4.72 Å². The number of piperidine rings is 1. The van der Waals surface area contributed by atoms with Gasteiger partial charge in [0.15, 0.2) is 0 Å². The van der Waals surface area contributed by atoms with E-state index in [4.69, 9.17) is 28.3 Å². The third-order valence-corrected chi connectivity index (χ3v) is 6.44. The van der Waals surface area contributed by atoms with Gasteiger partial charge in [-0.3, -0.25) is 4.79 Å². The fourth-order valence-corrected chi connectivity index (χ4v) is 4.85. The number of carboxylic acids is 1. The standard InChI is InChI=1S/C15H20Cl2N2O4S/c1-10(14-12(16)3-2-4-13(14)17)9-18-24(22,23)19-7-5-11(6-8-19)15(20)21/h2-4,10-11,18H,5-9H2,1H3,(H,20,21). The zero-order valence-electron chi connectivity index (χ0n) is 13.2. The highest BCUT2D eigenvalue weighted by atomic mass is 35.5. The van der Waals surface area contributed by atoms with Crippen molar-refractivity contribution < 1.29 is 18.3 Å². The molecule has 134 valence electrons. The molecular formula is C15H20Cl2N2O4S. The number of nitrogens with one attached hydrogen (secondary N) is 1. The maximum Gasteiger partial charge on any atom is 0.306 e. The van der Waals surface area contributed by atoms with Crippen LogP contribution in [0.25, 0.3) is 0 Å². The van der Waals surface area contributed by atoms with Gasteiger partial charge in [-0.15, -0.1) is 0 Å². The predicted octanol–water partition coefficient (Wildman–Crippen LogP) is 2.73. The molecule has 0 radical (unpaired) electrons. The molecule has 1 aliphatic rings. The largest absolute Gasteiger partial charge is 0.481 e. The van der Waals surface area contributed by atoms with Crippen molar-refractivity contribution in [3.8, 4) is 0 Å². The maximum atomic E-state index is 12.4. The van der Waals surface area contributed by atoms with E-state index < -0.39 is 22.1 Å². The summed E-state index contributed by atoms with van der Waals surface area (Å²) in [6, 6.07) is 5.16. The molecule has 1 saturated heterocycles. The summed E-state index contributed by atoms with van der Waals surface area (Å²) >= 11 is 12.3. The predicted molar refractivity (Wildman–Crippen MR) is 93.7 cm³/mol. The smallest absolute Gasteiger partial charge is 0.306 e. The van der Waals surface area contributed by atoms with E-state index >= 15 is 0 Å². The van der Waals surface area contributed by atoms with Crippen molar-refractivity contribution >= 4 is 39.4 Å². The number of rotatable bonds is 6. The van der Waals surface area contributed by atoms with Crippen LogP contribution in [0.4, 0.5) is 0 Å². The minimum absolute atomic E-state index is 0.157. The molecule has 2 N–H and O–H groups in total. The number of benzene rings is 1. The minimum Gasteiger partial charge on any atom is -0.481 e. The van der Waals surface area contributed by atoms with Crippen LogP contribution in [0.3, 0.4) is 0 Å². The van der Waals surface area contributed by atoms with Crippen molar-refractivity contribution in [1.29, 1.82) is 0 Å². The van der Waals surface area contributed by atoms with Gasteiger partial charge in [-0.2, -0.15) is 12.7 Å². The zero-order chi connectivity index (χ0) is 17.9. The van der Waals surface area contributed by atoms with Gasteiger partial charge >= 0.3 is 5.97 Å². The number of carbonyl (C=O) groups is 1. The molecule has 6 nitrogen and oxygen atoms in total. The molecule has 0 amide bonds. The summed E-state index contributed by atoms with van der Waals surface area (Å²) in [5.74, 6) is -1.54. The van der Waals surface area contributed by atoms with E-state index in [1.165, 1.54) is 4.31 Å². The van der Waals surface area contributed by atoms with Crippen LogP contribution in [0.1, 0.15) is 31.2 Å². The first-order valence-corrected chi connectivity index (χ1v) is 9.83. The van der Waals surface area contributed by atoms with E-state index in [2.05, 4.69) is 4.72 Å². The monoisotopic (exact) mass is 394 g/mol. The molecular weight excluding hydrogens is 375 g/mol. The molecule has 24 heavy (non-hydrogen) atoms. The first kappa shape index (κ1) is 19.5. The second-order valence-corrected chi connectivity index (χ2v) is 8.47. The van der Waals surface area contributed by atoms with Gasteiger partial charge in [-0.25, -0.2) is 4.72 Å². The summed E-state index contributed by atoms with van der Waals surface area (Å²) in [7, 11) is -3.66. The summed E-state index contributed by atoms with van der Waals surface area (Å²) in [6.07, 6.45) is 0.643. The summed E-state index contributed by atoms with van der Waals surface area (Å²) in [5.41, 5.74) is 0.702. The van der Waals surface area contributed by atoms with Gasteiger partial charge in [-0.1, -0.05) is 36.2 Å². The fourth-order valence-electron chi connectivity index (χ4n) is 2.75. The van der Waals surface area contributed by atoms with Gasteiger partial charge in [0.1, 0.15) is 0 Å². The highest BCUT2D eigenvalue weighted by Crippen LogP contribution is 2.31. The molecule has 1 aliphatic heterocycles. The van der Waals surface area contributed by atoms with Crippen molar-refractivity contribution in [2.75, 3.05) is 19.6 Å². The Morgan fingerprint density at radius 3 is 2.38 bits per heavy atom. The molecule has 2 rings (SSSR count). The van der Waals surface area contributed by atoms with Gasteiger partial charge in [0, 0.05) is 29.7 Å². The van der Waals surface area contributed by atoms with Gasteiger partial charge in [0.25, 0.3) is 10.2 Å². The third-order valence-electron chi connectivity index (χ3n) is 4.21. The second kappa shape index (κ2) is 8.01. The number of nitrogens with zero attached hydrogens (tertiary/aromatic N) is 1. The lowest BCUT2D eigenvalue weighted by molar-refractivity contribution is -0.142. The van der Waals surface area contributed by atoms with Gasteiger partial charge < -0.3 is 5.11 Å². The number of halogens is 2. The summed E-state index contributed by atoms with van der Waals surface area (Å²) in [4.78, 5) is 10.9. The lowest BCUT2D eigenvalue weighted by Gasteiger charge is -2.29. The minimum atomic E-state index is -3.66. The van der Waals surface area contributed by atoms with Crippen molar-refractivity contribution in [3.05, 3.63) is 33.8 Å². The van der Waals surface area contributed by atoms with E-state index in [9.17, 15) is 13.2 Å². The van der Waals surface area contributed by atoms with E-state index in [0.29, 0.717) is 28.5 Å². The highest BCUT2D eigenvalue weighted by molar-refractivity contribution is 7.87. The highest BCUT2D eigenvalue weighted by Gasteiger charge is 2.31. The molecule has 0 bridgehead atoms. The van der Waals surface area contributed by atoms with Crippen LogP contribution >= 0.6 is 23.2 Å². The van der Waals surface area contributed by atoms with E-state index in [-0.39, 0.29) is 25.6 Å². The Morgan fingerprint density at radius 1 is 1.33 bits per heavy atom. The topological polar surface area (TPSA) is 86.7 Å². The molecule has 0 saturated carbocycles. The van der Waals surface area contributed by atoms with Crippen molar-refractivity contribution in [3.63, 3.8) is 0 Å². The molecule has 1 aromatic carbocycles. The molecule has 1 heterocycles. The Bertz CT molecular complexity index is 683. The van der Waals surface area contributed by atoms with Crippen LogP contribution in [0.15, 0.2) is 18.2 Å². The van der Waals surface area contributed by atoms with E-state index in [0.717, 1.165) is 0 Å². The van der Waals surface area contributed by atoms with Crippen molar-refractivity contribution in [2.24, 2.45) is 5.92 Å². The Labute approximate surface area is 151 Å². The van der Waals surface area contributed by atoms with Crippen molar-refractivity contribution in [1.82, 2.24) is 9.03 Å². The summed E-state index contributed by atoms with van der Waals surface area (Å²) < 4.78 is 28.6. The quantitative estimate of drug-likeness (QED) is 0.776. The van der Waals surface area contributed by atoms with Crippen LogP contribution in [0, 0.1) is 5.92 Å². The lowest BCUT2D eigenvalue weighted by Crippen LogP contribution is -2.46. The Morgan fingerprint density at radius 2 is 1.88 bits per heavy atom. The SMILES string of the molecule is CC(CNS(=O)(=O)N1CCC(C(=O)O)CC1)c1c(Cl)cccc1Cl. The number of hydrogen-bond acceptors (Lipinski definition) is 3. The van der Waals surface area contributed by atoms with Crippen molar-refractivity contribution in [2.45, 2.75) is 25.7 Å². The first-order valence-electron chi connectivity index (χ1n) is 7.64. The van der Waals surface area contributed by atoms with Crippen LogP contribution in [0.5, 0.6) is 0 Å². The maximum absolute atomic E-state index is 12.4.